The minimum atomic E-state index is -1.06. The van der Waals surface area contributed by atoms with Crippen LogP contribution in [0.15, 0.2) is 67.1 Å². The van der Waals surface area contributed by atoms with E-state index in [-0.39, 0.29) is 47.4 Å². The van der Waals surface area contributed by atoms with Crippen molar-refractivity contribution in [2.24, 2.45) is 0 Å². The molecule has 1 unspecified atom stereocenters. The average Bonchev–Trinajstić information content (AvgIpc) is 3.43. The lowest BCUT2D eigenvalue weighted by Gasteiger charge is -2.27. The van der Waals surface area contributed by atoms with Gasteiger partial charge in [-0.1, -0.05) is 6.07 Å². The Morgan fingerprint density at radius 3 is 2.72 bits per heavy atom. The normalized spacial score (nSPS) is 16.0. The summed E-state index contributed by atoms with van der Waals surface area (Å²) in [4.78, 5) is 26.1. The van der Waals surface area contributed by atoms with E-state index in [0.29, 0.717) is 36.1 Å². The van der Waals surface area contributed by atoms with Gasteiger partial charge in [0.15, 0.2) is 0 Å². The van der Waals surface area contributed by atoms with Crippen LogP contribution < -0.4 is 4.74 Å². The number of nitrogens with zero attached hydrogens (tertiary/aromatic N) is 6. The molecule has 2 aliphatic rings. The molecule has 1 saturated heterocycles. The molecule has 10 nitrogen and oxygen atoms in total. The SMILES string of the molecule is O=C(O)c1ccc2nc(Cc3cc(F)c(-c4cccc(OCc5ncc(-c6cnn(C7CC7)c6)s5)n4)cc3F)n(CC3CCO3)c2c1. The highest BCUT2D eigenvalue weighted by atomic mass is 32.1. The number of ether oxygens (including phenoxy) is 2. The molecule has 4 aromatic heterocycles. The summed E-state index contributed by atoms with van der Waals surface area (Å²) in [6.45, 7) is 1.25. The first-order valence-corrected chi connectivity index (χ1v) is 16.1. The monoisotopic (exact) mass is 654 g/mol. The number of aromatic carboxylic acids is 1. The third kappa shape index (κ3) is 5.99. The van der Waals surface area contributed by atoms with Crippen LogP contribution in [0.2, 0.25) is 0 Å². The van der Waals surface area contributed by atoms with Crippen LogP contribution >= 0.6 is 11.3 Å². The van der Waals surface area contributed by atoms with Crippen molar-refractivity contribution in [2.75, 3.05) is 6.61 Å². The van der Waals surface area contributed by atoms with Crippen LogP contribution in [0, 0.1) is 11.6 Å². The highest BCUT2D eigenvalue weighted by Gasteiger charge is 2.25. The van der Waals surface area contributed by atoms with Gasteiger partial charge in [-0.15, -0.1) is 11.3 Å². The van der Waals surface area contributed by atoms with Crippen molar-refractivity contribution in [3.8, 4) is 27.6 Å². The number of carboxylic acids is 1. The summed E-state index contributed by atoms with van der Waals surface area (Å²) in [5, 5.41) is 14.7. The summed E-state index contributed by atoms with van der Waals surface area (Å²) >= 11 is 1.50. The zero-order chi connectivity index (χ0) is 32.1. The average molecular weight is 655 g/mol. The number of fused-ring (bicyclic) bond motifs is 1. The topological polar surface area (TPSA) is 117 Å². The molecule has 6 aromatic rings. The second-order valence-electron chi connectivity index (χ2n) is 11.7. The Morgan fingerprint density at radius 2 is 1.94 bits per heavy atom. The van der Waals surface area contributed by atoms with Gasteiger partial charge in [0.1, 0.15) is 29.1 Å². The van der Waals surface area contributed by atoms with E-state index in [0.717, 1.165) is 46.8 Å². The minimum Gasteiger partial charge on any atom is -0.478 e. The molecule has 238 valence electrons. The number of imidazole rings is 1. The molecular weight excluding hydrogens is 626 g/mol. The van der Waals surface area contributed by atoms with Gasteiger partial charge in [0.25, 0.3) is 0 Å². The predicted octanol–water partition coefficient (Wildman–Crippen LogP) is 6.69. The molecule has 1 aliphatic carbocycles. The fraction of sp³-hybridized carbons (Fsp3) is 0.265. The number of carbonyl (C=O) groups is 1. The number of aromatic nitrogens is 6. The van der Waals surface area contributed by atoms with Crippen molar-refractivity contribution in [1.82, 2.24) is 29.3 Å². The van der Waals surface area contributed by atoms with Gasteiger partial charge in [-0.25, -0.2) is 28.5 Å². The molecule has 0 bridgehead atoms. The molecule has 0 amide bonds. The Balaban J connectivity index is 1.00. The fourth-order valence-corrected chi connectivity index (χ4v) is 6.47. The zero-order valence-electron chi connectivity index (χ0n) is 25.0. The lowest BCUT2D eigenvalue weighted by atomic mass is 10.0. The molecule has 0 radical (unpaired) electrons. The molecule has 13 heteroatoms. The molecule has 1 atom stereocenters. The van der Waals surface area contributed by atoms with Crippen LogP contribution in [-0.4, -0.2) is 53.1 Å². The van der Waals surface area contributed by atoms with Crippen molar-refractivity contribution in [1.29, 1.82) is 0 Å². The molecule has 8 rings (SSSR count). The number of rotatable bonds is 11. The molecule has 1 aliphatic heterocycles. The van der Waals surface area contributed by atoms with Gasteiger partial charge in [-0.3, -0.25) is 4.68 Å². The zero-order valence-corrected chi connectivity index (χ0v) is 25.8. The maximum Gasteiger partial charge on any atom is 0.335 e. The Bertz CT molecular complexity index is 2130. The quantitative estimate of drug-likeness (QED) is 0.164. The summed E-state index contributed by atoms with van der Waals surface area (Å²) in [7, 11) is 0. The standard InChI is InChI=1S/C34H28F2N6O4S/c35-25-13-24(27-2-1-3-32(40-27)46-18-33-37-15-30(47-33)21-14-38-42(16-21)22-5-6-22)26(36)10-20(25)12-31-39-28-7-4-19(34(43)44)11-29(28)41(31)17-23-8-9-45-23/h1-4,7,10-11,13-16,22-23H,5-6,8-9,12,17-18H2,(H,43,44). The number of hydrogen-bond acceptors (Lipinski definition) is 8. The third-order valence-corrected chi connectivity index (χ3v) is 9.46. The van der Waals surface area contributed by atoms with E-state index in [1.165, 1.54) is 17.4 Å². The van der Waals surface area contributed by atoms with Gasteiger partial charge in [-0.2, -0.15) is 5.10 Å². The van der Waals surface area contributed by atoms with Gasteiger partial charge in [0, 0.05) is 42.6 Å². The lowest BCUT2D eigenvalue weighted by molar-refractivity contribution is -0.0589. The second-order valence-corrected chi connectivity index (χ2v) is 12.9. The van der Waals surface area contributed by atoms with Crippen LogP contribution in [-0.2, 0) is 24.3 Å². The maximum absolute atomic E-state index is 15.6. The predicted molar refractivity (Wildman–Crippen MR) is 169 cm³/mol. The van der Waals surface area contributed by atoms with Crippen molar-refractivity contribution in [3.63, 3.8) is 0 Å². The van der Waals surface area contributed by atoms with E-state index in [1.807, 2.05) is 21.6 Å². The highest BCUT2D eigenvalue weighted by molar-refractivity contribution is 7.15. The summed E-state index contributed by atoms with van der Waals surface area (Å²) in [6, 6.07) is 12.4. The Morgan fingerprint density at radius 1 is 1.06 bits per heavy atom. The van der Waals surface area contributed by atoms with Crippen LogP contribution in [0.3, 0.4) is 0 Å². The highest BCUT2D eigenvalue weighted by Crippen LogP contribution is 2.36. The molecule has 0 spiro atoms. The molecule has 1 saturated carbocycles. The Labute approximate surface area is 271 Å². The molecule has 5 heterocycles. The first-order chi connectivity index (χ1) is 22.9. The van der Waals surface area contributed by atoms with E-state index in [4.69, 9.17) is 9.47 Å². The number of carboxylic acid groups (broad SMARTS) is 1. The van der Waals surface area contributed by atoms with Crippen molar-refractivity contribution >= 4 is 28.3 Å². The molecule has 2 aromatic carbocycles. The van der Waals surface area contributed by atoms with Crippen molar-refractivity contribution < 1.29 is 28.2 Å². The van der Waals surface area contributed by atoms with E-state index >= 15 is 8.78 Å². The van der Waals surface area contributed by atoms with Crippen molar-refractivity contribution in [2.45, 2.75) is 51.0 Å². The molecular formula is C34H28F2N6O4S. The van der Waals surface area contributed by atoms with E-state index < -0.39 is 17.6 Å². The first-order valence-electron chi connectivity index (χ1n) is 15.3. The van der Waals surface area contributed by atoms with Gasteiger partial charge in [0.05, 0.1) is 52.1 Å². The summed E-state index contributed by atoms with van der Waals surface area (Å²) < 4.78 is 46.5. The smallest absolute Gasteiger partial charge is 0.335 e. The Hall–Kier alpha value is -5.01. The lowest BCUT2D eigenvalue weighted by Crippen LogP contribution is -2.31. The second kappa shape index (κ2) is 12.0. The minimum absolute atomic E-state index is 0.000584. The molecule has 47 heavy (non-hydrogen) atoms. The van der Waals surface area contributed by atoms with Crippen LogP contribution in [0.4, 0.5) is 8.78 Å². The summed E-state index contributed by atoms with van der Waals surface area (Å²) in [6.07, 6.45) is 8.80. The summed E-state index contributed by atoms with van der Waals surface area (Å²) in [5.74, 6) is -1.56. The number of thiazole rings is 1. The largest absolute Gasteiger partial charge is 0.478 e. The van der Waals surface area contributed by atoms with Crippen LogP contribution in [0.25, 0.3) is 32.7 Å². The number of pyridine rings is 1. The van der Waals surface area contributed by atoms with Gasteiger partial charge >= 0.3 is 5.97 Å². The maximum atomic E-state index is 15.6. The molecule has 2 fully saturated rings. The van der Waals surface area contributed by atoms with E-state index in [1.54, 1.807) is 36.5 Å². The van der Waals surface area contributed by atoms with Crippen molar-refractivity contribution in [3.05, 3.63) is 101 Å². The van der Waals surface area contributed by atoms with Gasteiger partial charge in [-0.05, 0) is 61.2 Å². The van der Waals surface area contributed by atoms with E-state index in [9.17, 15) is 9.90 Å². The van der Waals surface area contributed by atoms with Gasteiger partial charge < -0.3 is 19.1 Å². The summed E-state index contributed by atoms with van der Waals surface area (Å²) in [5.41, 5.74) is 2.66. The Kier molecular flexibility index (Phi) is 7.49. The number of hydrogen-bond donors (Lipinski definition) is 1. The van der Waals surface area contributed by atoms with Gasteiger partial charge in [0.2, 0.25) is 5.88 Å². The first kappa shape index (κ1) is 29.4. The van der Waals surface area contributed by atoms with Crippen LogP contribution in [0.5, 0.6) is 5.88 Å². The fourth-order valence-electron chi connectivity index (χ4n) is 5.66. The number of halogens is 2. The third-order valence-electron chi connectivity index (χ3n) is 8.44. The molecule has 1 N–H and O–H groups in total. The van der Waals surface area contributed by atoms with E-state index in [2.05, 4.69) is 20.1 Å². The number of benzene rings is 2. The van der Waals surface area contributed by atoms with Crippen LogP contribution in [0.1, 0.15) is 52.1 Å².